The Morgan fingerprint density at radius 2 is 1.55 bits per heavy atom. The SMILES string of the molecule is CCCC1CCC(c2ccc3c(sc4c(F)c(OC(F)(F)F)ccc43)c2F)CC1. The number of rotatable bonds is 4. The topological polar surface area (TPSA) is 9.23 Å². The lowest BCUT2D eigenvalue weighted by Crippen LogP contribution is -2.17. The monoisotopic (exact) mass is 428 g/mol. The molecule has 1 heterocycles. The van der Waals surface area contributed by atoms with E-state index in [9.17, 15) is 17.6 Å². The lowest BCUT2D eigenvalue weighted by atomic mass is 9.77. The first kappa shape index (κ1) is 20.4. The van der Waals surface area contributed by atoms with Crippen LogP contribution in [0.5, 0.6) is 5.75 Å². The second kappa shape index (κ2) is 7.74. The molecule has 0 spiro atoms. The highest BCUT2D eigenvalue weighted by molar-refractivity contribution is 7.25. The van der Waals surface area contributed by atoms with Gasteiger partial charge >= 0.3 is 6.36 Å². The molecule has 0 bridgehead atoms. The Morgan fingerprint density at radius 3 is 2.17 bits per heavy atom. The maximum absolute atomic E-state index is 15.3. The number of thiophene rings is 1. The molecule has 1 aromatic heterocycles. The standard InChI is InChI=1S/C22H21F5OS/c1-2-3-12-4-6-13(7-5-12)14-8-9-15-16-10-11-17(28-22(25,26)27)19(24)21(16)29-20(15)18(14)23/h8-13H,2-7H2,1H3. The zero-order valence-electron chi connectivity index (χ0n) is 15.9. The summed E-state index contributed by atoms with van der Waals surface area (Å²) in [6.07, 6.45) is 1.38. The molecular formula is C22H21F5OS. The van der Waals surface area contributed by atoms with Crippen molar-refractivity contribution >= 4 is 31.5 Å². The number of hydrogen-bond acceptors (Lipinski definition) is 2. The molecule has 0 amide bonds. The minimum Gasteiger partial charge on any atom is -0.403 e. The van der Waals surface area contributed by atoms with E-state index in [4.69, 9.17) is 0 Å². The van der Waals surface area contributed by atoms with Gasteiger partial charge in [-0.15, -0.1) is 24.5 Å². The quantitative estimate of drug-likeness (QED) is 0.380. The lowest BCUT2D eigenvalue weighted by Gasteiger charge is -2.28. The van der Waals surface area contributed by atoms with E-state index in [1.165, 1.54) is 12.5 Å². The van der Waals surface area contributed by atoms with E-state index >= 15 is 4.39 Å². The minimum absolute atomic E-state index is 0.0237. The van der Waals surface area contributed by atoms with E-state index in [0.717, 1.165) is 49.5 Å². The average Bonchev–Trinajstić information content (AvgIpc) is 3.05. The fraction of sp³-hybridized carbons (Fsp3) is 0.455. The summed E-state index contributed by atoms with van der Waals surface area (Å²) in [7, 11) is 0. The molecule has 1 aliphatic rings. The van der Waals surface area contributed by atoms with E-state index in [1.807, 2.05) is 0 Å². The molecule has 4 rings (SSSR count). The van der Waals surface area contributed by atoms with E-state index < -0.39 is 17.9 Å². The highest BCUT2D eigenvalue weighted by atomic mass is 32.1. The number of halogens is 5. The van der Waals surface area contributed by atoms with Gasteiger partial charge in [0, 0.05) is 10.8 Å². The van der Waals surface area contributed by atoms with Crippen LogP contribution in [-0.4, -0.2) is 6.36 Å². The van der Waals surface area contributed by atoms with E-state index in [0.29, 0.717) is 22.3 Å². The number of benzene rings is 2. The Hall–Kier alpha value is -1.89. The summed E-state index contributed by atoms with van der Waals surface area (Å²) in [6, 6.07) is 5.81. The minimum atomic E-state index is -4.99. The second-order valence-electron chi connectivity index (χ2n) is 7.76. The number of hydrogen-bond donors (Lipinski definition) is 0. The van der Waals surface area contributed by atoms with Gasteiger partial charge in [-0.1, -0.05) is 31.9 Å². The van der Waals surface area contributed by atoms with Crippen LogP contribution >= 0.6 is 11.3 Å². The molecule has 2 aromatic carbocycles. The van der Waals surface area contributed by atoms with Crippen LogP contribution in [0.4, 0.5) is 22.0 Å². The average molecular weight is 428 g/mol. The molecule has 29 heavy (non-hydrogen) atoms. The van der Waals surface area contributed by atoms with Crippen LogP contribution in [0.1, 0.15) is 56.9 Å². The molecule has 156 valence electrons. The fourth-order valence-electron chi connectivity index (χ4n) is 4.52. The van der Waals surface area contributed by atoms with Crippen LogP contribution in [0, 0.1) is 17.6 Å². The van der Waals surface area contributed by atoms with Crippen molar-refractivity contribution in [2.75, 3.05) is 0 Å². The maximum atomic E-state index is 15.3. The zero-order valence-corrected chi connectivity index (χ0v) is 16.7. The zero-order chi connectivity index (χ0) is 20.8. The van der Waals surface area contributed by atoms with Crippen molar-refractivity contribution < 1.29 is 26.7 Å². The molecule has 1 aliphatic carbocycles. The van der Waals surface area contributed by atoms with Gasteiger partial charge in [0.1, 0.15) is 5.82 Å². The van der Waals surface area contributed by atoms with Crippen LogP contribution in [0.2, 0.25) is 0 Å². The van der Waals surface area contributed by atoms with Crippen LogP contribution < -0.4 is 4.74 Å². The molecule has 0 aliphatic heterocycles. The summed E-state index contributed by atoms with van der Waals surface area (Å²) in [5.74, 6) is -1.55. The predicted molar refractivity (Wildman–Crippen MR) is 106 cm³/mol. The molecule has 1 fully saturated rings. The molecule has 0 radical (unpaired) electrons. The van der Waals surface area contributed by atoms with E-state index in [-0.39, 0.29) is 21.1 Å². The summed E-state index contributed by atoms with van der Waals surface area (Å²) in [6.45, 7) is 2.17. The smallest absolute Gasteiger partial charge is 0.403 e. The van der Waals surface area contributed by atoms with Gasteiger partial charge in [-0.2, -0.15) is 0 Å². The van der Waals surface area contributed by atoms with Crippen molar-refractivity contribution in [3.8, 4) is 5.75 Å². The predicted octanol–water partition coefficient (Wildman–Crippen LogP) is 8.31. The summed E-state index contributed by atoms with van der Waals surface area (Å²) in [5, 5.41) is 0.914. The third-order valence-electron chi connectivity index (χ3n) is 5.89. The summed E-state index contributed by atoms with van der Waals surface area (Å²) >= 11 is 0.845. The van der Waals surface area contributed by atoms with Gasteiger partial charge in [-0.25, -0.2) is 8.78 Å². The third-order valence-corrected chi connectivity index (χ3v) is 7.10. The van der Waals surface area contributed by atoms with Crippen LogP contribution in [0.25, 0.3) is 20.2 Å². The molecule has 0 unspecified atom stereocenters. The van der Waals surface area contributed by atoms with Crippen molar-refractivity contribution in [2.45, 2.75) is 57.7 Å². The van der Waals surface area contributed by atoms with Crippen LogP contribution in [0.3, 0.4) is 0 Å². The van der Waals surface area contributed by atoms with Gasteiger partial charge in [-0.3, -0.25) is 0 Å². The molecule has 3 aromatic rings. The third kappa shape index (κ3) is 3.93. The first-order valence-corrected chi connectivity index (χ1v) is 10.7. The highest BCUT2D eigenvalue weighted by Crippen LogP contribution is 2.44. The largest absolute Gasteiger partial charge is 0.573 e. The van der Waals surface area contributed by atoms with Gasteiger partial charge in [0.15, 0.2) is 11.6 Å². The molecule has 0 atom stereocenters. The Kier molecular flexibility index (Phi) is 5.44. The first-order valence-electron chi connectivity index (χ1n) is 9.87. The molecular weight excluding hydrogens is 407 g/mol. The highest BCUT2D eigenvalue weighted by Gasteiger charge is 2.33. The fourth-order valence-corrected chi connectivity index (χ4v) is 5.70. The first-order chi connectivity index (χ1) is 13.8. The van der Waals surface area contributed by atoms with Crippen LogP contribution in [0.15, 0.2) is 24.3 Å². The summed E-state index contributed by atoms with van der Waals surface area (Å²) < 4.78 is 71.4. The molecule has 0 N–H and O–H groups in total. The number of fused-ring (bicyclic) bond motifs is 3. The van der Waals surface area contributed by atoms with Crippen molar-refractivity contribution in [3.05, 3.63) is 41.5 Å². The summed E-state index contributed by atoms with van der Waals surface area (Å²) in [4.78, 5) is 0. The Morgan fingerprint density at radius 1 is 0.931 bits per heavy atom. The Bertz CT molecular complexity index is 1030. The van der Waals surface area contributed by atoms with Gasteiger partial charge < -0.3 is 4.74 Å². The Labute approximate surface area is 169 Å². The molecule has 1 nitrogen and oxygen atoms in total. The molecule has 0 saturated heterocycles. The van der Waals surface area contributed by atoms with Gasteiger partial charge in [-0.05, 0) is 55.2 Å². The van der Waals surface area contributed by atoms with Gasteiger partial charge in [0.2, 0.25) is 0 Å². The van der Waals surface area contributed by atoms with Gasteiger partial charge in [0.25, 0.3) is 0 Å². The van der Waals surface area contributed by atoms with Crippen molar-refractivity contribution in [2.24, 2.45) is 5.92 Å². The Balaban J connectivity index is 1.71. The maximum Gasteiger partial charge on any atom is 0.573 e. The van der Waals surface area contributed by atoms with Crippen molar-refractivity contribution in [3.63, 3.8) is 0 Å². The number of ether oxygens (including phenoxy) is 1. The molecule has 7 heteroatoms. The summed E-state index contributed by atoms with van der Waals surface area (Å²) in [5.41, 5.74) is 0.631. The van der Waals surface area contributed by atoms with Gasteiger partial charge in [0.05, 0.1) is 9.40 Å². The lowest BCUT2D eigenvalue weighted by molar-refractivity contribution is -0.275. The van der Waals surface area contributed by atoms with E-state index in [1.54, 1.807) is 12.1 Å². The van der Waals surface area contributed by atoms with E-state index in [2.05, 4.69) is 11.7 Å². The van der Waals surface area contributed by atoms with Crippen LogP contribution in [-0.2, 0) is 0 Å². The molecule has 1 saturated carbocycles. The van der Waals surface area contributed by atoms with Crippen molar-refractivity contribution in [1.82, 2.24) is 0 Å². The number of alkyl halides is 3. The normalized spacial score (nSPS) is 20.5. The van der Waals surface area contributed by atoms with Crippen molar-refractivity contribution in [1.29, 1.82) is 0 Å². The second-order valence-corrected chi connectivity index (χ2v) is 8.78.